The number of aromatic nitrogens is 2. The zero-order chi connectivity index (χ0) is 18.5. The lowest BCUT2D eigenvalue weighted by Gasteiger charge is -2.12. The van der Waals surface area contributed by atoms with Gasteiger partial charge in [0.1, 0.15) is 5.82 Å². The number of nitrogens with one attached hydrogen (secondary N) is 2. The van der Waals surface area contributed by atoms with Gasteiger partial charge in [-0.05, 0) is 37.3 Å². The Morgan fingerprint density at radius 3 is 2.69 bits per heavy atom. The molecule has 132 valence electrons. The molecule has 26 heavy (non-hydrogen) atoms. The number of aliphatic hydroxyl groups excluding tert-OH is 1. The number of hydrogen-bond donors (Lipinski definition) is 4. The van der Waals surface area contributed by atoms with Gasteiger partial charge in [-0.1, -0.05) is 24.3 Å². The lowest BCUT2D eigenvalue weighted by Crippen LogP contribution is -2.07. The summed E-state index contributed by atoms with van der Waals surface area (Å²) in [4.78, 5) is 8.95. The third kappa shape index (κ3) is 3.93. The molecule has 6 heteroatoms. The van der Waals surface area contributed by atoms with Crippen LogP contribution in [0.4, 0.5) is 11.5 Å². The van der Waals surface area contributed by atoms with Crippen molar-refractivity contribution in [1.82, 2.24) is 9.97 Å². The Labute approximate surface area is 152 Å². The van der Waals surface area contributed by atoms with E-state index >= 15 is 0 Å². The van der Waals surface area contributed by atoms with Crippen LogP contribution in [0.3, 0.4) is 0 Å². The lowest BCUT2D eigenvalue weighted by atomic mass is 10.1. The Hall–Kier alpha value is -3.09. The van der Waals surface area contributed by atoms with Crippen LogP contribution in [-0.4, -0.2) is 21.3 Å². The van der Waals surface area contributed by atoms with E-state index in [9.17, 15) is 5.11 Å². The van der Waals surface area contributed by atoms with Crippen molar-refractivity contribution in [1.29, 1.82) is 5.41 Å². The number of hydrogen-bond acceptors (Lipinski definition) is 6. The van der Waals surface area contributed by atoms with Gasteiger partial charge in [-0.3, -0.25) is 4.98 Å². The maximum absolute atomic E-state index is 9.25. The van der Waals surface area contributed by atoms with E-state index in [2.05, 4.69) is 15.3 Å². The van der Waals surface area contributed by atoms with Crippen molar-refractivity contribution in [2.24, 2.45) is 5.73 Å². The van der Waals surface area contributed by atoms with Crippen molar-refractivity contribution in [3.8, 4) is 11.3 Å². The normalized spacial score (nSPS) is 11.8. The quantitative estimate of drug-likeness (QED) is 0.511. The lowest BCUT2D eigenvalue weighted by molar-refractivity contribution is 0.277. The molecule has 5 N–H and O–H groups in total. The molecule has 0 amide bonds. The molecule has 1 atom stereocenters. The van der Waals surface area contributed by atoms with E-state index in [1.165, 1.54) is 6.21 Å². The second-order valence-electron chi connectivity index (χ2n) is 5.98. The van der Waals surface area contributed by atoms with Crippen molar-refractivity contribution in [2.45, 2.75) is 19.6 Å². The maximum atomic E-state index is 9.25. The molecular formula is C20H21N5O. The van der Waals surface area contributed by atoms with Crippen molar-refractivity contribution in [3.63, 3.8) is 0 Å². The highest BCUT2D eigenvalue weighted by Gasteiger charge is 2.08. The van der Waals surface area contributed by atoms with E-state index < -0.39 is 0 Å². The molecule has 0 spiro atoms. The molecule has 6 nitrogen and oxygen atoms in total. The fourth-order valence-corrected chi connectivity index (χ4v) is 2.59. The topological polar surface area (TPSA) is 108 Å². The molecule has 2 aromatic heterocycles. The number of anilines is 2. The zero-order valence-electron chi connectivity index (χ0n) is 14.5. The smallest absolute Gasteiger partial charge is 0.130 e. The molecule has 0 aliphatic heterocycles. The third-order valence-corrected chi connectivity index (χ3v) is 3.97. The van der Waals surface area contributed by atoms with Gasteiger partial charge in [0.25, 0.3) is 0 Å². The first-order valence-electron chi connectivity index (χ1n) is 8.32. The molecule has 2 heterocycles. The van der Waals surface area contributed by atoms with Crippen molar-refractivity contribution in [2.75, 3.05) is 5.32 Å². The maximum Gasteiger partial charge on any atom is 0.130 e. The molecule has 0 fully saturated rings. The molecule has 0 radical (unpaired) electrons. The number of benzene rings is 1. The Balaban J connectivity index is 1.98. The fraction of sp³-hybridized carbons (Fsp3) is 0.150. The number of aliphatic hydroxyl groups is 1. The summed E-state index contributed by atoms with van der Waals surface area (Å²) < 4.78 is 0. The van der Waals surface area contributed by atoms with Crippen LogP contribution in [0.2, 0.25) is 0 Å². The van der Waals surface area contributed by atoms with Crippen LogP contribution < -0.4 is 11.1 Å². The van der Waals surface area contributed by atoms with Gasteiger partial charge >= 0.3 is 0 Å². The van der Waals surface area contributed by atoms with Crippen LogP contribution in [0.25, 0.3) is 11.3 Å². The minimum absolute atomic E-state index is 0.124. The van der Waals surface area contributed by atoms with Gasteiger partial charge in [-0.15, -0.1) is 0 Å². The fourth-order valence-electron chi connectivity index (χ4n) is 2.59. The molecule has 0 aliphatic carbocycles. The minimum atomic E-state index is -0.140. The molecule has 3 rings (SSSR count). The average Bonchev–Trinajstić information content (AvgIpc) is 2.68. The number of nitrogens with two attached hydrogens (primary N) is 1. The molecule has 0 saturated heterocycles. The second-order valence-corrected chi connectivity index (χ2v) is 5.98. The predicted molar refractivity (Wildman–Crippen MR) is 104 cm³/mol. The summed E-state index contributed by atoms with van der Waals surface area (Å²) in [6, 6.07) is 16.7. The van der Waals surface area contributed by atoms with E-state index in [1.54, 1.807) is 6.07 Å². The van der Waals surface area contributed by atoms with Crippen LogP contribution in [0.1, 0.15) is 29.9 Å². The van der Waals surface area contributed by atoms with Crippen LogP contribution in [0.15, 0.2) is 54.6 Å². The molecule has 1 unspecified atom stereocenters. The Bertz CT molecular complexity index is 924. The first-order chi connectivity index (χ1) is 12.6. The van der Waals surface area contributed by atoms with Crippen molar-refractivity contribution in [3.05, 3.63) is 71.5 Å². The number of nitrogens with zero attached hydrogens (tertiary/aromatic N) is 2. The molecule has 0 aliphatic rings. The first kappa shape index (κ1) is 17.7. The summed E-state index contributed by atoms with van der Waals surface area (Å²) in [5.74, 6) is 0.606. The van der Waals surface area contributed by atoms with Gasteiger partial charge in [0.05, 0.1) is 23.7 Å². The van der Waals surface area contributed by atoms with Gasteiger partial charge < -0.3 is 21.6 Å². The van der Waals surface area contributed by atoms with Crippen LogP contribution in [0.5, 0.6) is 0 Å². The standard InChI is InChI=1S/C20H21N5O/c1-13(22)17-5-3-6-18(24-17)14-8-9-15(11-21)19(10-14)25-20-7-2-4-16(12-26)23-20/h2-11,13,21,26H,12,22H2,1H3,(H,23,25). The SMILES string of the molecule is CC(N)c1cccc(-c2ccc(C=N)c(Nc3cccc(CO)n3)c2)n1. The van der Waals surface area contributed by atoms with Gasteiger partial charge in [0.2, 0.25) is 0 Å². The summed E-state index contributed by atoms with van der Waals surface area (Å²) in [5.41, 5.74) is 10.5. The summed E-state index contributed by atoms with van der Waals surface area (Å²) >= 11 is 0. The van der Waals surface area contributed by atoms with E-state index in [0.717, 1.165) is 28.2 Å². The van der Waals surface area contributed by atoms with Gasteiger partial charge in [-0.2, -0.15) is 0 Å². The third-order valence-electron chi connectivity index (χ3n) is 3.97. The van der Waals surface area contributed by atoms with Crippen molar-refractivity contribution >= 4 is 17.7 Å². The van der Waals surface area contributed by atoms with Gasteiger partial charge in [-0.25, -0.2) is 4.98 Å². The van der Waals surface area contributed by atoms with E-state index in [1.807, 2.05) is 55.5 Å². The molecular weight excluding hydrogens is 326 g/mol. The van der Waals surface area contributed by atoms with E-state index in [4.69, 9.17) is 11.1 Å². The predicted octanol–water partition coefficient (Wildman–Crippen LogP) is 3.40. The van der Waals surface area contributed by atoms with Crippen LogP contribution >= 0.6 is 0 Å². The molecule has 0 saturated carbocycles. The largest absolute Gasteiger partial charge is 0.390 e. The minimum Gasteiger partial charge on any atom is -0.390 e. The average molecular weight is 347 g/mol. The van der Waals surface area contributed by atoms with E-state index in [0.29, 0.717) is 11.5 Å². The van der Waals surface area contributed by atoms with Crippen molar-refractivity contribution < 1.29 is 5.11 Å². The highest BCUT2D eigenvalue weighted by Crippen LogP contribution is 2.26. The summed E-state index contributed by atoms with van der Waals surface area (Å²) in [6.07, 6.45) is 1.29. The Morgan fingerprint density at radius 1 is 1.15 bits per heavy atom. The summed E-state index contributed by atoms with van der Waals surface area (Å²) in [7, 11) is 0. The first-order valence-corrected chi connectivity index (χ1v) is 8.32. The van der Waals surface area contributed by atoms with Crippen LogP contribution in [-0.2, 0) is 6.61 Å². The van der Waals surface area contributed by atoms with E-state index in [-0.39, 0.29) is 12.6 Å². The summed E-state index contributed by atoms with van der Waals surface area (Å²) in [5, 5.41) is 20.1. The number of rotatable bonds is 6. The molecule has 0 bridgehead atoms. The van der Waals surface area contributed by atoms with Crippen LogP contribution in [0, 0.1) is 5.41 Å². The van der Waals surface area contributed by atoms with Gasteiger partial charge in [0.15, 0.2) is 0 Å². The summed E-state index contributed by atoms with van der Waals surface area (Å²) in [6.45, 7) is 1.78. The zero-order valence-corrected chi connectivity index (χ0v) is 14.5. The monoisotopic (exact) mass is 347 g/mol. The highest BCUT2D eigenvalue weighted by atomic mass is 16.3. The second kappa shape index (κ2) is 7.86. The molecule has 1 aromatic carbocycles. The Kier molecular flexibility index (Phi) is 5.36. The Morgan fingerprint density at radius 2 is 1.96 bits per heavy atom. The molecule has 3 aromatic rings. The highest BCUT2D eigenvalue weighted by molar-refractivity contribution is 5.89. The van der Waals surface area contributed by atoms with Gasteiger partial charge in [0, 0.05) is 29.1 Å². The number of pyridine rings is 2.